The van der Waals surface area contributed by atoms with Crippen molar-refractivity contribution in [1.29, 1.82) is 0 Å². The number of fused-ring (bicyclic) bond motifs is 1. The van der Waals surface area contributed by atoms with E-state index in [1.165, 1.54) is 6.33 Å². The molecule has 0 bridgehead atoms. The summed E-state index contributed by atoms with van der Waals surface area (Å²) in [5.41, 5.74) is 1.87. The summed E-state index contributed by atoms with van der Waals surface area (Å²) in [5, 5.41) is 7.58. The predicted octanol–water partition coefficient (Wildman–Crippen LogP) is 2.94. The molecule has 2 heterocycles. The lowest BCUT2D eigenvalue weighted by Crippen LogP contribution is -2.30. The predicted molar refractivity (Wildman–Crippen MR) is 106 cm³/mol. The average molecular weight is 402 g/mol. The topological polar surface area (TPSA) is 96.7 Å². The second-order valence-electron chi connectivity index (χ2n) is 6.37. The molecule has 1 aliphatic rings. The minimum atomic E-state index is -0.617. The number of hydrogen-bond acceptors (Lipinski definition) is 8. The van der Waals surface area contributed by atoms with Gasteiger partial charge in [0.1, 0.15) is 18.1 Å². The summed E-state index contributed by atoms with van der Waals surface area (Å²) in [5.74, 6) is 1.66. The molecule has 156 valence electrons. The highest BCUT2D eigenvalue weighted by atomic mass is 16.5. The van der Waals surface area contributed by atoms with Crippen molar-refractivity contribution in [1.82, 2.24) is 14.8 Å². The van der Waals surface area contributed by atoms with Crippen LogP contribution in [0.25, 0.3) is 0 Å². The number of anilines is 1. The van der Waals surface area contributed by atoms with Gasteiger partial charge in [0.05, 0.1) is 33.5 Å². The van der Waals surface area contributed by atoms with E-state index in [0.717, 1.165) is 12.1 Å². The van der Waals surface area contributed by atoms with Gasteiger partial charge in [0.25, 0.3) is 0 Å². The molecule has 9 heteroatoms. The minimum Gasteiger partial charge on any atom is -0.497 e. The Morgan fingerprint density at radius 3 is 2.59 bits per heavy atom. The fourth-order valence-electron chi connectivity index (χ4n) is 3.48. The summed E-state index contributed by atoms with van der Waals surface area (Å²) < 4.78 is 23.6. The molecule has 1 aromatic heterocycles. The van der Waals surface area contributed by atoms with Gasteiger partial charge in [-0.3, -0.25) is 0 Å². The van der Waals surface area contributed by atoms with Crippen molar-refractivity contribution in [3.8, 4) is 17.2 Å². The number of hydrogen-bond donors (Lipinski definition) is 1. The molecule has 29 heavy (non-hydrogen) atoms. The van der Waals surface area contributed by atoms with Crippen LogP contribution in [0.4, 0.5) is 5.95 Å². The van der Waals surface area contributed by atoms with Crippen molar-refractivity contribution < 1.29 is 23.7 Å². The summed E-state index contributed by atoms with van der Waals surface area (Å²) >= 11 is 0. The van der Waals surface area contributed by atoms with E-state index in [1.807, 2.05) is 13.0 Å². The number of benzene rings is 1. The highest BCUT2D eigenvalue weighted by Gasteiger charge is 2.38. The Morgan fingerprint density at radius 2 is 1.97 bits per heavy atom. The molecule has 1 atom stereocenters. The Morgan fingerprint density at radius 1 is 1.17 bits per heavy atom. The lowest BCUT2D eigenvalue weighted by Gasteiger charge is -2.30. The maximum absolute atomic E-state index is 13.0. The zero-order valence-electron chi connectivity index (χ0n) is 17.3. The summed E-state index contributed by atoms with van der Waals surface area (Å²) in [7, 11) is 4.67. The number of ether oxygens (including phenoxy) is 4. The first-order chi connectivity index (χ1) is 14.1. The van der Waals surface area contributed by atoms with E-state index >= 15 is 0 Å². The smallest absolute Gasteiger partial charge is 0.338 e. The SMILES string of the molecule is CCCC1=C(C(=O)OCC)C(c2cc(OC)cc(OC)c2OC)n2ncnc2N1. The molecule has 1 unspecified atom stereocenters. The second-order valence-corrected chi connectivity index (χ2v) is 6.37. The summed E-state index contributed by atoms with van der Waals surface area (Å²) in [4.78, 5) is 17.3. The maximum Gasteiger partial charge on any atom is 0.338 e. The molecule has 1 aliphatic heterocycles. The summed E-state index contributed by atoms with van der Waals surface area (Å²) in [6.07, 6.45) is 2.93. The Balaban J connectivity index is 2.30. The molecule has 0 saturated heterocycles. The van der Waals surface area contributed by atoms with Gasteiger partial charge in [-0.15, -0.1) is 0 Å². The Labute approximate surface area is 169 Å². The quantitative estimate of drug-likeness (QED) is 0.673. The zero-order chi connectivity index (χ0) is 21.0. The van der Waals surface area contributed by atoms with E-state index in [4.69, 9.17) is 18.9 Å². The molecule has 0 aliphatic carbocycles. The third-order valence-corrected chi connectivity index (χ3v) is 4.69. The summed E-state index contributed by atoms with van der Waals surface area (Å²) in [6, 6.07) is 2.92. The molecule has 0 fully saturated rings. The molecule has 1 N–H and O–H groups in total. The van der Waals surface area contributed by atoms with E-state index < -0.39 is 12.0 Å². The molecule has 0 spiro atoms. The van der Waals surface area contributed by atoms with Crippen molar-refractivity contribution in [2.75, 3.05) is 33.3 Å². The molecule has 1 aromatic carbocycles. The van der Waals surface area contributed by atoms with E-state index in [-0.39, 0.29) is 6.61 Å². The fourth-order valence-corrected chi connectivity index (χ4v) is 3.48. The van der Waals surface area contributed by atoms with Gasteiger partial charge in [0.2, 0.25) is 5.95 Å². The van der Waals surface area contributed by atoms with Gasteiger partial charge < -0.3 is 24.3 Å². The third-order valence-electron chi connectivity index (χ3n) is 4.69. The summed E-state index contributed by atoms with van der Waals surface area (Å²) in [6.45, 7) is 4.08. The molecule has 0 saturated carbocycles. The first-order valence-electron chi connectivity index (χ1n) is 9.46. The monoisotopic (exact) mass is 402 g/mol. The molecular formula is C20H26N4O5. The molecule has 3 rings (SSSR count). The Kier molecular flexibility index (Phi) is 6.26. The minimum absolute atomic E-state index is 0.261. The van der Waals surface area contributed by atoms with Crippen LogP contribution in [0.15, 0.2) is 29.7 Å². The van der Waals surface area contributed by atoms with Crippen molar-refractivity contribution >= 4 is 11.9 Å². The van der Waals surface area contributed by atoms with Crippen LogP contribution in [0, 0.1) is 0 Å². The van der Waals surface area contributed by atoms with Crippen molar-refractivity contribution in [2.24, 2.45) is 0 Å². The van der Waals surface area contributed by atoms with Gasteiger partial charge >= 0.3 is 5.97 Å². The molecule has 0 radical (unpaired) electrons. The molecule has 2 aromatic rings. The van der Waals surface area contributed by atoms with Crippen LogP contribution in [0.3, 0.4) is 0 Å². The zero-order valence-corrected chi connectivity index (χ0v) is 17.3. The molecular weight excluding hydrogens is 376 g/mol. The Bertz CT molecular complexity index is 922. The number of esters is 1. The number of nitrogens with one attached hydrogen (secondary N) is 1. The lowest BCUT2D eigenvalue weighted by atomic mass is 9.92. The first kappa shape index (κ1) is 20.5. The van der Waals surface area contributed by atoms with E-state index in [2.05, 4.69) is 15.4 Å². The van der Waals surface area contributed by atoms with E-state index in [0.29, 0.717) is 40.8 Å². The van der Waals surface area contributed by atoms with Gasteiger partial charge in [-0.25, -0.2) is 9.48 Å². The van der Waals surface area contributed by atoms with Crippen molar-refractivity contribution in [3.05, 3.63) is 35.3 Å². The molecule has 0 amide bonds. The number of carbonyl (C=O) groups is 1. The van der Waals surface area contributed by atoms with E-state index in [9.17, 15) is 4.79 Å². The van der Waals surface area contributed by atoms with Gasteiger partial charge in [0, 0.05) is 17.3 Å². The lowest BCUT2D eigenvalue weighted by molar-refractivity contribution is -0.139. The van der Waals surface area contributed by atoms with Crippen LogP contribution in [-0.2, 0) is 9.53 Å². The van der Waals surface area contributed by atoms with Crippen LogP contribution in [0.1, 0.15) is 38.3 Å². The number of carbonyl (C=O) groups excluding carboxylic acids is 1. The van der Waals surface area contributed by atoms with E-state index in [1.54, 1.807) is 39.0 Å². The van der Waals surface area contributed by atoms with Crippen molar-refractivity contribution in [2.45, 2.75) is 32.7 Å². The van der Waals surface area contributed by atoms with Gasteiger partial charge in [-0.2, -0.15) is 10.1 Å². The first-order valence-corrected chi connectivity index (χ1v) is 9.46. The highest BCUT2D eigenvalue weighted by molar-refractivity contribution is 5.92. The van der Waals surface area contributed by atoms with Crippen LogP contribution >= 0.6 is 0 Å². The molecule has 9 nitrogen and oxygen atoms in total. The maximum atomic E-state index is 13.0. The number of nitrogens with zero attached hydrogens (tertiary/aromatic N) is 3. The fraction of sp³-hybridized carbons (Fsp3) is 0.450. The van der Waals surface area contributed by atoms with Crippen LogP contribution < -0.4 is 19.5 Å². The van der Waals surface area contributed by atoms with Crippen LogP contribution in [-0.4, -0.2) is 48.7 Å². The highest BCUT2D eigenvalue weighted by Crippen LogP contribution is 2.45. The average Bonchev–Trinajstić information content (AvgIpc) is 3.20. The third kappa shape index (κ3) is 3.72. The standard InChI is InChI=1S/C20H26N4O5/c1-6-8-14-16(19(25)29-7-2)17(24-20(23-14)21-11-22-24)13-9-12(26-3)10-15(27-4)18(13)28-5/h9-11,17H,6-8H2,1-5H3,(H,21,22,23). The van der Waals surface area contributed by atoms with Gasteiger partial charge in [-0.05, 0) is 19.4 Å². The number of allylic oxidation sites excluding steroid dienone is 1. The van der Waals surface area contributed by atoms with Gasteiger partial charge in [-0.1, -0.05) is 13.3 Å². The number of methoxy groups -OCH3 is 3. The van der Waals surface area contributed by atoms with Crippen molar-refractivity contribution in [3.63, 3.8) is 0 Å². The normalized spacial score (nSPS) is 15.4. The number of rotatable bonds is 8. The van der Waals surface area contributed by atoms with Gasteiger partial charge in [0.15, 0.2) is 11.5 Å². The number of aromatic nitrogens is 3. The largest absolute Gasteiger partial charge is 0.497 e. The van der Waals surface area contributed by atoms with Crippen LogP contribution in [0.2, 0.25) is 0 Å². The van der Waals surface area contributed by atoms with Crippen LogP contribution in [0.5, 0.6) is 17.2 Å². The second kappa shape index (κ2) is 8.85. The Hall–Kier alpha value is -3.23.